The molecule has 1 atom stereocenters. The van der Waals surface area contributed by atoms with Gasteiger partial charge in [0.1, 0.15) is 5.60 Å². The maximum absolute atomic E-state index is 11.9. The molecule has 1 heterocycles. The van der Waals surface area contributed by atoms with Crippen LogP contribution in [0.3, 0.4) is 0 Å². The molecule has 1 amide bonds. The lowest BCUT2D eigenvalue weighted by molar-refractivity contribution is -0.206. The number of likely N-dealkylation sites (tertiary alicyclic amines) is 1. The molecule has 3 N–H and O–H groups in total. The van der Waals surface area contributed by atoms with Gasteiger partial charge in [0.05, 0.1) is 6.04 Å². The average Bonchev–Trinajstić information content (AvgIpc) is 2.63. The van der Waals surface area contributed by atoms with Crippen molar-refractivity contribution < 1.29 is 24.9 Å². The number of carbonyl (C=O) groups excluding carboxylic acids is 1. The van der Waals surface area contributed by atoms with Crippen LogP contribution in [0.2, 0.25) is 0 Å². The number of rotatable bonds is 3. The first-order chi connectivity index (χ1) is 8.17. The zero-order valence-electron chi connectivity index (χ0n) is 11.2. The minimum absolute atomic E-state index is 0.184. The first kappa shape index (κ1) is 15.2. The summed E-state index contributed by atoms with van der Waals surface area (Å²) >= 11 is 0. The quantitative estimate of drug-likeness (QED) is 0.642. The molecule has 6 nitrogen and oxygen atoms in total. The SMILES string of the molecule is CC(C)(C)OC(=O)N1CCCC1C(O)(O)CCO. The first-order valence-corrected chi connectivity index (χ1v) is 6.22. The van der Waals surface area contributed by atoms with Crippen molar-refractivity contribution in [3.8, 4) is 0 Å². The van der Waals surface area contributed by atoms with Gasteiger partial charge in [0, 0.05) is 19.6 Å². The zero-order chi connectivity index (χ0) is 14.0. The van der Waals surface area contributed by atoms with Crippen molar-refractivity contribution in [1.29, 1.82) is 0 Å². The standard InChI is InChI=1S/C12H23NO5/c1-11(2,3)18-10(15)13-7-4-5-9(13)12(16,17)6-8-14/h9,14,16-17H,4-8H2,1-3H3. The van der Waals surface area contributed by atoms with E-state index in [0.29, 0.717) is 19.4 Å². The van der Waals surface area contributed by atoms with Crippen LogP contribution in [0.1, 0.15) is 40.0 Å². The topological polar surface area (TPSA) is 90.2 Å². The summed E-state index contributed by atoms with van der Waals surface area (Å²) in [5, 5.41) is 28.6. The Kier molecular flexibility index (Phi) is 4.58. The Hall–Kier alpha value is -0.850. The number of hydrogen-bond acceptors (Lipinski definition) is 5. The molecule has 0 saturated carbocycles. The van der Waals surface area contributed by atoms with Gasteiger partial charge in [-0.3, -0.25) is 4.90 Å². The van der Waals surface area contributed by atoms with E-state index >= 15 is 0 Å². The second kappa shape index (κ2) is 5.42. The summed E-state index contributed by atoms with van der Waals surface area (Å²) in [6.45, 7) is 5.37. The fourth-order valence-corrected chi connectivity index (χ4v) is 2.12. The molecule has 1 saturated heterocycles. The van der Waals surface area contributed by atoms with Crippen LogP contribution < -0.4 is 0 Å². The first-order valence-electron chi connectivity index (χ1n) is 6.22. The number of ether oxygens (including phenoxy) is 1. The van der Waals surface area contributed by atoms with Crippen LogP contribution in [0.4, 0.5) is 4.79 Å². The fourth-order valence-electron chi connectivity index (χ4n) is 2.12. The maximum atomic E-state index is 11.9. The molecule has 1 fully saturated rings. The van der Waals surface area contributed by atoms with Gasteiger partial charge < -0.3 is 20.1 Å². The fraction of sp³-hybridized carbons (Fsp3) is 0.917. The van der Waals surface area contributed by atoms with Crippen LogP contribution in [0.5, 0.6) is 0 Å². The molecular formula is C12H23NO5. The lowest BCUT2D eigenvalue weighted by atomic mass is 10.0. The second-order valence-corrected chi connectivity index (χ2v) is 5.68. The van der Waals surface area contributed by atoms with E-state index in [4.69, 9.17) is 9.84 Å². The van der Waals surface area contributed by atoms with Crippen molar-refractivity contribution in [2.24, 2.45) is 0 Å². The normalized spacial score (nSPS) is 21.2. The highest BCUT2D eigenvalue weighted by Gasteiger charge is 2.44. The molecule has 0 bridgehead atoms. The van der Waals surface area contributed by atoms with Gasteiger partial charge >= 0.3 is 6.09 Å². The zero-order valence-corrected chi connectivity index (χ0v) is 11.2. The van der Waals surface area contributed by atoms with Gasteiger partial charge in [0.2, 0.25) is 0 Å². The summed E-state index contributed by atoms with van der Waals surface area (Å²) < 4.78 is 5.23. The molecule has 0 aromatic rings. The highest BCUT2D eigenvalue weighted by Crippen LogP contribution is 2.29. The molecule has 0 aliphatic carbocycles. The number of aliphatic hydroxyl groups is 3. The van der Waals surface area contributed by atoms with Crippen molar-refractivity contribution in [2.75, 3.05) is 13.2 Å². The highest BCUT2D eigenvalue weighted by molar-refractivity contribution is 5.69. The van der Waals surface area contributed by atoms with Gasteiger partial charge in [0.15, 0.2) is 5.79 Å². The van der Waals surface area contributed by atoms with Crippen LogP contribution in [0, 0.1) is 0 Å². The highest BCUT2D eigenvalue weighted by atomic mass is 16.6. The van der Waals surface area contributed by atoms with Gasteiger partial charge in [-0.25, -0.2) is 4.79 Å². The van der Waals surface area contributed by atoms with Crippen LogP contribution in [-0.2, 0) is 4.74 Å². The lowest BCUT2D eigenvalue weighted by Crippen LogP contribution is -2.53. The third-order valence-corrected chi connectivity index (χ3v) is 2.89. The molecule has 18 heavy (non-hydrogen) atoms. The van der Waals surface area contributed by atoms with Crippen molar-refractivity contribution in [3.63, 3.8) is 0 Å². The van der Waals surface area contributed by atoms with Crippen molar-refractivity contribution >= 4 is 6.09 Å². The van der Waals surface area contributed by atoms with Gasteiger partial charge in [-0.2, -0.15) is 0 Å². The van der Waals surface area contributed by atoms with Gasteiger partial charge in [-0.05, 0) is 33.6 Å². The third-order valence-electron chi connectivity index (χ3n) is 2.89. The lowest BCUT2D eigenvalue weighted by Gasteiger charge is -2.35. The monoisotopic (exact) mass is 261 g/mol. The third kappa shape index (κ3) is 3.83. The Labute approximate surface area is 107 Å². The van der Waals surface area contributed by atoms with Crippen molar-refractivity contribution in [3.05, 3.63) is 0 Å². The van der Waals surface area contributed by atoms with E-state index in [0.717, 1.165) is 0 Å². The molecule has 0 aromatic carbocycles. The minimum atomic E-state index is -2.07. The summed E-state index contributed by atoms with van der Waals surface area (Å²) in [7, 11) is 0. The van der Waals surface area contributed by atoms with E-state index in [1.807, 2.05) is 0 Å². The van der Waals surface area contributed by atoms with Gasteiger partial charge in [0.25, 0.3) is 0 Å². The molecule has 1 aliphatic heterocycles. The largest absolute Gasteiger partial charge is 0.444 e. The van der Waals surface area contributed by atoms with E-state index < -0.39 is 23.5 Å². The van der Waals surface area contributed by atoms with Gasteiger partial charge in [-0.1, -0.05) is 0 Å². The molecule has 1 unspecified atom stereocenters. The van der Waals surface area contributed by atoms with E-state index in [1.165, 1.54) is 4.90 Å². The van der Waals surface area contributed by atoms with Gasteiger partial charge in [-0.15, -0.1) is 0 Å². The molecular weight excluding hydrogens is 238 g/mol. The number of carbonyl (C=O) groups is 1. The van der Waals surface area contributed by atoms with E-state index in [9.17, 15) is 15.0 Å². The van der Waals surface area contributed by atoms with Crippen LogP contribution in [-0.4, -0.2) is 56.9 Å². The molecule has 6 heteroatoms. The molecule has 106 valence electrons. The molecule has 1 aliphatic rings. The summed E-state index contributed by atoms with van der Waals surface area (Å²) in [5.41, 5.74) is -0.616. The van der Waals surface area contributed by atoms with E-state index in [2.05, 4.69) is 0 Å². The second-order valence-electron chi connectivity index (χ2n) is 5.68. The molecule has 0 aromatic heterocycles. The number of aliphatic hydroxyl groups excluding tert-OH is 1. The van der Waals surface area contributed by atoms with Crippen molar-refractivity contribution in [1.82, 2.24) is 4.90 Å². The summed E-state index contributed by atoms with van der Waals surface area (Å²) in [6.07, 6.45) is 0.455. The Bertz CT molecular complexity index is 297. The van der Waals surface area contributed by atoms with E-state index in [1.54, 1.807) is 20.8 Å². The number of hydrogen-bond donors (Lipinski definition) is 3. The van der Waals surface area contributed by atoms with Crippen LogP contribution in [0.15, 0.2) is 0 Å². The summed E-state index contributed by atoms with van der Waals surface area (Å²) in [4.78, 5) is 13.3. The number of amides is 1. The molecule has 0 spiro atoms. The van der Waals surface area contributed by atoms with E-state index in [-0.39, 0.29) is 13.0 Å². The minimum Gasteiger partial charge on any atom is -0.444 e. The molecule has 0 radical (unpaired) electrons. The maximum Gasteiger partial charge on any atom is 0.410 e. The summed E-state index contributed by atoms with van der Waals surface area (Å²) in [6, 6.07) is -0.723. The van der Waals surface area contributed by atoms with Crippen molar-refractivity contribution in [2.45, 2.75) is 57.5 Å². The Morgan fingerprint density at radius 2 is 2.00 bits per heavy atom. The Balaban J connectivity index is 2.73. The smallest absolute Gasteiger partial charge is 0.410 e. The average molecular weight is 261 g/mol. The Morgan fingerprint density at radius 1 is 1.39 bits per heavy atom. The Morgan fingerprint density at radius 3 is 2.50 bits per heavy atom. The predicted molar refractivity (Wildman–Crippen MR) is 64.8 cm³/mol. The molecule has 1 rings (SSSR count). The predicted octanol–water partition coefficient (Wildman–Crippen LogP) is 0.449. The summed E-state index contributed by atoms with van der Waals surface area (Å²) in [5.74, 6) is -2.07. The van der Waals surface area contributed by atoms with Crippen LogP contribution in [0.25, 0.3) is 0 Å². The number of nitrogens with zero attached hydrogens (tertiary/aromatic N) is 1. The van der Waals surface area contributed by atoms with Crippen LogP contribution >= 0.6 is 0 Å².